The van der Waals surface area contributed by atoms with E-state index in [0.717, 1.165) is 27.3 Å². The van der Waals surface area contributed by atoms with Crippen molar-refractivity contribution >= 4 is 34.4 Å². The lowest BCUT2D eigenvalue weighted by molar-refractivity contribution is 0.355. The van der Waals surface area contributed by atoms with E-state index in [9.17, 15) is 4.79 Å². The van der Waals surface area contributed by atoms with Crippen molar-refractivity contribution < 1.29 is 9.47 Å². The van der Waals surface area contributed by atoms with Crippen LogP contribution in [0, 0.1) is 18.8 Å². The molecule has 0 aliphatic heterocycles. The lowest BCUT2D eigenvalue weighted by Gasteiger charge is -2.14. The van der Waals surface area contributed by atoms with Crippen LogP contribution >= 0.6 is 11.3 Å². The molecule has 182 valence electrons. The number of benzene rings is 3. The summed E-state index contributed by atoms with van der Waals surface area (Å²) in [7, 11) is 3.21. The zero-order valence-electron chi connectivity index (χ0n) is 20.7. The number of methoxy groups -OCH3 is 2. The molecule has 5 rings (SSSR count). The summed E-state index contributed by atoms with van der Waals surface area (Å²) in [6.45, 7) is 1.98. The summed E-state index contributed by atoms with van der Waals surface area (Å²) in [4.78, 5) is 19.5. The summed E-state index contributed by atoms with van der Waals surface area (Å²) < 4.78 is 12.4. The van der Waals surface area contributed by atoms with Gasteiger partial charge in [0.1, 0.15) is 5.82 Å². The number of rotatable bonds is 5. The van der Waals surface area contributed by atoms with Crippen LogP contribution in [-0.4, -0.2) is 23.8 Å². The highest BCUT2D eigenvalue weighted by molar-refractivity contribution is 7.10. The molecule has 3 aromatic carbocycles. The van der Waals surface area contributed by atoms with Crippen molar-refractivity contribution in [2.45, 2.75) is 6.92 Å². The first-order chi connectivity index (χ1) is 18.1. The zero-order valence-corrected chi connectivity index (χ0v) is 21.5. The number of para-hydroxylation sites is 1. The monoisotopic (exact) mass is 504 g/mol. The van der Waals surface area contributed by atoms with Crippen molar-refractivity contribution in [2.75, 3.05) is 14.2 Å². The van der Waals surface area contributed by atoms with Gasteiger partial charge < -0.3 is 9.47 Å². The minimum atomic E-state index is -0.127. The van der Waals surface area contributed by atoms with E-state index in [0.29, 0.717) is 28.2 Å². The maximum Gasteiger partial charge on any atom is 0.266 e. The van der Waals surface area contributed by atoms with E-state index in [2.05, 4.69) is 11.8 Å². The molecule has 2 aromatic heterocycles. The maximum atomic E-state index is 13.7. The molecule has 0 fully saturated rings. The van der Waals surface area contributed by atoms with Crippen LogP contribution in [0.5, 0.6) is 11.5 Å². The van der Waals surface area contributed by atoms with E-state index >= 15 is 0 Å². The molecular formula is C31H24N2O3S. The largest absolute Gasteiger partial charge is 0.493 e. The number of aromatic nitrogens is 2. The standard InChI is InChI=1S/C31H24N2O3S/c1-21-19-22(10-14-24-7-6-18-37-24)11-15-27(21)33-30(32-26-9-5-4-8-25(26)31(33)34)17-13-23-12-16-28(35-2)29(20-23)36-3/h4-9,11-13,15-20H,1-3H3/b17-13+. The molecule has 6 heteroatoms. The first-order valence-corrected chi connectivity index (χ1v) is 12.5. The predicted octanol–water partition coefficient (Wildman–Crippen LogP) is 6.34. The molecule has 0 saturated carbocycles. The highest BCUT2D eigenvalue weighted by Crippen LogP contribution is 2.28. The fraction of sp³-hybridized carbons (Fsp3) is 0.0968. The Morgan fingerprint density at radius 2 is 1.73 bits per heavy atom. The molecule has 0 spiro atoms. The van der Waals surface area contributed by atoms with Crippen LogP contribution < -0.4 is 15.0 Å². The molecule has 0 atom stereocenters. The highest BCUT2D eigenvalue weighted by Gasteiger charge is 2.13. The number of fused-ring (bicyclic) bond motifs is 1. The molecule has 0 bridgehead atoms. The van der Waals surface area contributed by atoms with Gasteiger partial charge in [-0.3, -0.25) is 9.36 Å². The van der Waals surface area contributed by atoms with Crippen molar-refractivity contribution in [1.82, 2.24) is 9.55 Å². The smallest absolute Gasteiger partial charge is 0.266 e. The molecule has 5 nitrogen and oxygen atoms in total. The lowest BCUT2D eigenvalue weighted by atomic mass is 10.1. The summed E-state index contributed by atoms with van der Waals surface area (Å²) in [6.07, 6.45) is 3.75. The van der Waals surface area contributed by atoms with Crippen LogP contribution in [-0.2, 0) is 0 Å². The molecule has 0 aliphatic carbocycles. The average Bonchev–Trinajstić information content (AvgIpc) is 3.45. The SMILES string of the molecule is COc1ccc(/C=C/c2nc3ccccc3c(=O)n2-c2ccc(C#Cc3cccs3)cc2C)cc1OC. The van der Waals surface area contributed by atoms with Crippen LogP contribution in [0.2, 0.25) is 0 Å². The highest BCUT2D eigenvalue weighted by atomic mass is 32.1. The van der Waals surface area contributed by atoms with Gasteiger partial charge >= 0.3 is 0 Å². The Kier molecular flexibility index (Phi) is 6.89. The van der Waals surface area contributed by atoms with E-state index in [-0.39, 0.29) is 5.56 Å². The number of nitrogens with zero attached hydrogens (tertiary/aromatic N) is 2. The average molecular weight is 505 g/mol. The first kappa shape index (κ1) is 24.1. The molecule has 5 aromatic rings. The Balaban J connectivity index is 1.61. The summed E-state index contributed by atoms with van der Waals surface area (Å²) in [5.74, 6) is 8.21. The van der Waals surface area contributed by atoms with E-state index in [1.807, 2.05) is 91.2 Å². The third-order valence-electron chi connectivity index (χ3n) is 5.92. The number of hydrogen-bond donors (Lipinski definition) is 0. The Labute approximate surface area is 219 Å². The van der Waals surface area contributed by atoms with E-state index < -0.39 is 0 Å². The van der Waals surface area contributed by atoms with Gasteiger partial charge in [0, 0.05) is 5.56 Å². The van der Waals surface area contributed by atoms with E-state index in [4.69, 9.17) is 14.5 Å². The van der Waals surface area contributed by atoms with Crippen LogP contribution in [0.4, 0.5) is 0 Å². The van der Waals surface area contributed by atoms with Gasteiger partial charge in [-0.2, -0.15) is 0 Å². The second-order valence-corrected chi connectivity index (χ2v) is 9.25. The molecule has 37 heavy (non-hydrogen) atoms. The fourth-order valence-electron chi connectivity index (χ4n) is 4.09. The first-order valence-electron chi connectivity index (χ1n) is 11.7. The van der Waals surface area contributed by atoms with E-state index in [1.165, 1.54) is 0 Å². The molecule has 0 saturated heterocycles. The topological polar surface area (TPSA) is 53.3 Å². The maximum absolute atomic E-state index is 13.7. The van der Waals surface area contributed by atoms with Crippen molar-refractivity contribution in [3.05, 3.63) is 116 Å². The second kappa shape index (κ2) is 10.6. The Bertz CT molecular complexity index is 1740. The quantitative estimate of drug-likeness (QED) is 0.262. The molecule has 0 N–H and O–H groups in total. The van der Waals surface area contributed by atoms with Crippen molar-refractivity contribution in [2.24, 2.45) is 0 Å². The number of ether oxygens (including phenoxy) is 2. The van der Waals surface area contributed by atoms with Gasteiger partial charge in [-0.1, -0.05) is 42.2 Å². The molecule has 0 aliphatic rings. The molecule has 0 amide bonds. The van der Waals surface area contributed by atoms with Gasteiger partial charge in [-0.15, -0.1) is 11.3 Å². The van der Waals surface area contributed by atoms with Crippen molar-refractivity contribution in [1.29, 1.82) is 0 Å². The van der Waals surface area contributed by atoms with Crippen LogP contribution in [0.25, 0.3) is 28.7 Å². The normalized spacial score (nSPS) is 10.9. The lowest BCUT2D eigenvalue weighted by Crippen LogP contribution is -2.23. The Morgan fingerprint density at radius 3 is 2.49 bits per heavy atom. The predicted molar refractivity (Wildman–Crippen MR) is 151 cm³/mol. The molecule has 0 radical (unpaired) electrons. The summed E-state index contributed by atoms with van der Waals surface area (Å²) in [6, 6.07) is 22.9. The fourth-order valence-corrected chi connectivity index (χ4v) is 4.66. The van der Waals surface area contributed by atoms with Gasteiger partial charge in [0.15, 0.2) is 11.5 Å². The van der Waals surface area contributed by atoms with Crippen molar-refractivity contribution in [3.8, 4) is 29.0 Å². The second-order valence-electron chi connectivity index (χ2n) is 8.30. The number of thiophene rings is 1. The molecule has 0 unspecified atom stereocenters. The van der Waals surface area contributed by atoms with Gasteiger partial charge in [0.05, 0.1) is 35.7 Å². The summed E-state index contributed by atoms with van der Waals surface area (Å²) >= 11 is 1.61. The summed E-state index contributed by atoms with van der Waals surface area (Å²) in [5, 5.41) is 2.57. The van der Waals surface area contributed by atoms with E-state index in [1.54, 1.807) is 36.2 Å². The minimum Gasteiger partial charge on any atom is -0.493 e. The van der Waals surface area contributed by atoms with Gasteiger partial charge in [-0.25, -0.2) is 4.98 Å². The molecular weight excluding hydrogens is 480 g/mol. The van der Waals surface area contributed by atoms with Crippen LogP contribution in [0.1, 0.15) is 27.4 Å². The van der Waals surface area contributed by atoms with Gasteiger partial charge in [-0.05, 0) is 78.0 Å². The molecule has 2 heterocycles. The van der Waals surface area contributed by atoms with Crippen LogP contribution in [0.3, 0.4) is 0 Å². The zero-order chi connectivity index (χ0) is 25.8. The number of hydrogen-bond acceptors (Lipinski definition) is 5. The third-order valence-corrected chi connectivity index (χ3v) is 6.71. The summed E-state index contributed by atoms with van der Waals surface area (Å²) in [5.41, 5.74) is 3.99. The number of aryl methyl sites for hydroxylation is 1. The van der Waals surface area contributed by atoms with Gasteiger partial charge in [0.2, 0.25) is 0 Å². The minimum absolute atomic E-state index is 0.127. The van der Waals surface area contributed by atoms with Gasteiger partial charge in [0.25, 0.3) is 5.56 Å². The Hall–Kier alpha value is -4.60. The Morgan fingerprint density at radius 1 is 0.892 bits per heavy atom. The third kappa shape index (κ3) is 5.04. The van der Waals surface area contributed by atoms with Crippen LogP contribution in [0.15, 0.2) is 83.0 Å². The van der Waals surface area contributed by atoms with Crippen molar-refractivity contribution in [3.63, 3.8) is 0 Å².